The van der Waals surface area contributed by atoms with Gasteiger partial charge in [-0.1, -0.05) is 6.92 Å². The molecule has 3 nitrogen and oxygen atoms in total. The van der Waals surface area contributed by atoms with E-state index >= 15 is 0 Å². The van der Waals surface area contributed by atoms with Crippen LogP contribution in [0.1, 0.15) is 20.3 Å². The Morgan fingerprint density at radius 1 is 1.33 bits per heavy atom. The molecule has 92 valence electrons. The minimum Gasteiger partial charge on any atom is -0.396 e. The predicted molar refractivity (Wildman–Crippen MR) is 67.4 cm³/mol. The zero-order valence-corrected chi connectivity index (χ0v) is 11.2. The summed E-state index contributed by atoms with van der Waals surface area (Å²) in [5.41, 5.74) is -0.387. The van der Waals surface area contributed by atoms with Crippen molar-refractivity contribution in [1.29, 1.82) is 0 Å². The molecule has 1 atom stereocenters. The van der Waals surface area contributed by atoms with Crippen LogP contribution in [0.3, 0.4) is 0 Å². The third-order valence-electron chi connectivity index (χ3n) is 2.89. The van der Waals surface area contributed by atoms with Crippen LogP contribution in [0.5, 0.6) is 0 Å². The molecule has 0 bridgehead atoms. The van der Waals surface area contributed by atoms with E-state index in [0.29, 0.717) is 6.04 Å². The summed E-state index contributed by atoms with van der Waals surface area (Å²) < 4.78 is 0. The normalized spacial score (nSPS) is 14.6. The van der Waals surface area contributed by atoms with E-state index < -0.39 is 0 Å². The number of thioether (sulfide) groups is 1. The Hall–Kier alpha value is 0.230. The van der Waals surface area contributed by atoms with Gasteiger partial charge in [-0.25, -0.2) is 0 Å². The van der Waals surface area contributed by atoms with Crippen LogP contribution in [0.2, 0.25) is 0 Å². The van der Waals surface area contributed by atoms with E-state index in [4.69, 9.17) is 0 Å². The summed E-state index contributed by atoms with van der Waals surface area (Å²) in [5.74, 6) is 1.15. The van der Waals surface area contributed by atoms with Crippen molar-refractivity contribution >= 4 is 11.8 Å². The number of hydrogen-bond acceptors (Lipinski definition) is 4. The summed E-state index contributed by atoms with van der Waals surface area (Å²) in [6.07, 6.45) is 3.25. The molecule has 0 rings (SSSR count). The first-order chi connectivity index (χ1) is 6.99. The molecule has 0 saturated carbocycles. The van der Waals surface area contributed by atoms with E-state index in [1.807, 2.05) is 18.7 Å². The Morgan fingerprint density at radius 2 is 1.87 bits per heavy atom. The van der Waals surface area contributed by atoms with Crippen molar-refractivity contribution in [1.82, 2.24) is 4.90 Å². The number of aliphatic hydroxyl groups is 2. The molecule has 0 fully saturated rings. The standard InChI is InChI=1S/C11H25NO2S/c1-10(5-6-15-4)12(3)7-11(2,8-13)9-14/h10,13-14H,5-9H2,1-4H3. The quantitative estimate of drug-likeness (QED) is 0.660. The molecule has 4 heteroatoms. The van der Waals surface area contributed by atoms with Crippen LogP contribution in [0.4, 0.5) is 0 Å². The lowest BCUT2D eigenvalue weighted by atomic mass is 9.92. The SMILES string of the molecule is CSCCC(C)N(C)CC(C)(CO)CO. The Labute approximate surface area is 97.9 Å². The van der Waals surface area contributed by atoms with Gasteiger partial charge in [0.05, 0.1) is 13.2 Å². The first kappa shape index (κ1) is 15.2. The number of rotatable bonds is 8. The molecular formula is C11H25NO2S. The van der Waals surface area contributed by atoms with Gasteiger partial charge in [-0.15, -0.1) is 0 Å². The molecule has 0 amide bonds. The molecule has 0 aromatic rings. The second-order valence-electron chi connectivity index (χ2n) is 4.67. The first-order valence-corrected chi connectivity index (χ1v) is 6.79. The van der Waals surface area contributed by atoms with Crippen LogP contribution in [0, 0.1) is 5.41 Å². The van der Waals surface area contributed by atoms with Crippen molar-refractivity contribution in [3.63, 3.8) is 0 Å². The maximum absolute atomic E-state index is 9.20. The number of nitrogens with zero attached hydrogens (tertiary/aromatic N) is 1. The minimum atomic E-state index is -0.387. The van der Waals surface area contributed by atoms with Crippen LogP contribution in [-0.2, 0) is 0 Å². The van der Waals surface area contributed by atoms with Crippen LogP contribution >= 0.6 is 11.8 Å². The number of hydrogen-bond donors (Lipinski definition) is 2. The summed E-state index contributed by atoms with van der Waals surface area (Å²) in [7, 11) is 2.05. The molecule has 0 spiro atoms. The summed E-state index contributed by atoms with van der Waals surface area (Å²) >= 11 is 1.85. The van der Waals surface area contributed by atoms with E-state index in [1.165, 1.54) is 0 Å². The molecule has 15 heavy (non-hydrogen) atoms. The lowest BCUT2D eigenvalue weighted by Gasteiger charge is -2.33. The van der Waals surface area contributed by atoms with Crippen LogP contribution in [0.25, 0.3) is 0 Å². The Kier molecular flexibility index (Phi) is 7.61. The molecule has 2 N–H and O–H groups in total. The Balaban J connectivity index is 4.03. The predicted octanol–water partition coefficient (Wildman–Crippen LogP) is 1.05. The van der Waals surface area contributed by atoms with E-state index in [-0.39, 0.29) is 18.6 Å². The number of aliphatic hydroxyl groups excluding tert-OH is 2. The van der Waals surface area contributed by atoms with Crippen LogP contribution < -0.4 is 0 Å². The summed E-state index contributed by atoms with van der Waals surface area (Å²) in [5, 5.41) is 18.4. The summed E-state index contributed by atoms with van der Waals surface area (Å²) in [6, 6.07) is 0.495. The van der Waals surface area contributed by atoms with E-state index in [9.17, 15) is 10.2 Å². The second kappa shape index (κ2) is 7.49. The van der Waals surface area contributed by atoms with Crippen molar-refractivity contribution in [2.45, 2.75) is 26.3 Å². The van der Waals surface area contributed by atoms with Crippen molar-refractivity contribution in [2.24, 2.45) is 5.41 Å². The molecule has 1 unspecified atom stereocenters. The van der Waals surface area contributed by atoms with Crippen LogP contribution in [-0.4, -0.2) is 60.0 Å². The average Bonchev–Trinajstić information content (AvgIpc) is 2.25. The molecular weight excluding hydrogens is 210 g/mol. The van der Waals surface area contributed by atoms with Crippen molar-refractivity contribution in [3.8, 4) is 0 Å². The highest BCUT2D eigenvalue weighted by Crippen LogP contribution is 2.18. The fraction of sp³-hybridized carbons (Fsp3) is 1.00. The van der Waals surface area contributed by atoms with Gasteiger partial charge in [0.2, 0.25) is 0 Å². The maximum Gasteiger partial charge on any atom is 0.0519 e. The van der Waals surface area contributed by atoms with Gasteiger partial charge in [-0.05, 0) is 32.4 Å². The molecule has 0 saturated heterocycles. The largest absolute Gasteiger partial charge is 0.396 e. The second-order valence-corrected chi connectivity index (χ2v) is 5.66. The lowest BCUT2D eigenvalue weighted by Crippen LogP contribution is -2.42. The third-order valence-corrected chi connectivity index (χ3v) is 3.53. The van der Waals surface area contributed by atoms with Crippen LogP contribution in [0.15, 0.2) is 0 Å². The molecule has 0 aliphatic heterocycles. The van der Waals surface area contributed by atoms with Crippen molar-refractivity contribution < 1.29 is 10.2 Å². The van der Waals surface area contributed by atoms with Gasteiger partial charge in [-0.3, -0.25) is 0 Å². The van der Waals surface area contributed by atoms with Gasteiger partial charge in [0.25, 0.3) is 0 Å². The van der Waals surface area contributed by atoms with Gasteiger partial charge < -0.3 is 15.1 Å². The van der Waals surface area contributed by atoms with E-state index in [2.05, 4.69) is 25.1 Å². The fourth-order valence-electron chi connectivity index (χ4n) is 1.42. The van der Waals surface area contributed by atoms with E-state index in [0.717, 1.165) is 18.7 Å². The highest BCUT2D eigenvalue weighted by atomic mass is 32.2. The average molecular weight is 235 g/mol. The zero-order valence-electron chi connectivity index (χ0n) is 10.4. The van der Waals surface area contributed by atoms with E-state index in [1.54, 1.807) is 0 Å². The zero-order chi connectivity index (χ0) is 11.9. The van der Waals surface area contributed by atoms with Gasteiger partial charge in [0.15, 0.2) is 0 Å². The first-order valence-electron chi connectivity index (χ1n) is 5.40. The van der Waals surface area contributed by atoms with Crippen molar-refractivity contribution in [2.75, 3.05) is 38.8 Å². The highest BCUT2D eigenvalue weighted by Gasteiger charge is 2.25. The Morgan fingerprint density at radius 3 is 2.27 bits per heavy atom. The minimum absolute atomic E-state index is 0.0308. The third kappa shape index (κ3) is 5.76. The lowest BCUT2D eigenvalue weighted by molar-refractivity contribution is 0.0326. The van der Waals surface area contributed by atoms with Crippen molar-refractivity contribution in [3.05, 3.63) is 0 Å². The monoisotopic (exact) mass is 235 g/mol. The summed E-state index contributed by atoms with van der Waals surface area (Å²) in [6.45, 7) is 4.89. The molecule has 0 aromatic carbocycles. The molecule has 0 heterocycles. The highest BCUT2D eigenvalue weighted by molar-refractivity contribution is 7.98. The summed E-state index contributed by atoms with van der Waals surface area (Å²) in [4.78, 5) is 2.21. The van der Waals surface area contributed by atoms with Gasteiger partial charge in [0.1, 0.15) is 0 Å². The maximum atomic E-state index is 9.20. The smallest absolute Gasteiger partial charge is 0.0519 e. The Bertz CT molecular complexity index is 163. The van der Waals surface area contributed by atoms with Gasteiger partial charge >= 0.3 is 0 Å². The molecule has 0 aliphatic carbocycles. The fourth-order valence-corrected chi connectivity index (χ4v) is 1.99. The van der Waals surface area contributed by atoms with Gasteiger partial charge in [-0.2, -0.15) is 11.8 Å². The van der Waals surface area contributed by atoms with Gasteiger partial charge in [0, 0.05) is 18.0 Å². The molecule has 0 aliphatic rings. The molecule has 0 aromatic heterocycles. The molecule has 0 radical (unpaired) electrons. The topological polar surface area (TPSA) is 43.7 Å².